The predicted octanol–water partition coefficient (Wildman–Crippen LogP) is 8.88. The van der Waals surface area contributed by atoms with Gasteiger partial charge in [-0.1, -0.05) is 93.7 Å². The van der Waals surface area contributed by atoms with Gasteiger partial charge in [-0.05, 0) is 68.4 Å². The molecule has 4 nitrogen and oxygen atoms in total. The molecule has 2 aliphatic rings. The van der Waals surface area contributed by atoms with Crippen molar-refractivity contribution in [3.05, 3.63) is 82.9 Å². The minimum absolute atomic E-state index is 0.00712. The zero-order chi connectivity index (χ0) is 28.8. The van der Waals surface area contributed by atoms with E-state index in [1.807, 2.05) is 74.5 Å². The van der Waals surface area contributed by atoms with E-state index in [2.05, 4.69) is 29.6 Å². The quantitative estimate of drug-likeness (QED) is 0.258. The number of hydrogen-bond acceptors (Lipinski definition) is 2. The van der Waals surface area contributed by atoms with Crippen LogP contribution in [0.1, 0.15) is 84.2 Å². The lowest BCUT2D eigenvalue weighted by atomic mass is 9.85. The molecular formula is C32H46Cl2N2O2S. The Bertz CT molecular complexity index is 1010. The molecule has 1 saturated heterocycles. The van der Waals surface area contributed by atoms with E-state index in [0.29, 0.717) is 23.2 Å². The molecule has 0 aromatic heterocycles. The van der Waals surface area contributed by atoms with Gasteiger partial charge < -0.3 is 4.90 Å². The molecule has 1 amide bonds. The molecule has 39 heavy (non-hydrogen) atoms. The standard InChI is InChI=1S/C24H35ClN2O2S.C6H5Cl.C2H6/c1-4-8-19-13-16-23(18-11-14-20(25)15-12-18)27(24(19)28)21(5-2)17-26(6-3)30(29)22-9-7-10-22;7-6-4-2-1-3-5-6;1-2/h4,11-12,14-15,19,21-23H,1,5-10,13,16-17H2,2-3H3;1-5H;1-2H3. The minimum Gasteiger partial charge on any atom is -0.331 e. The monoisotopic (exact) mass is 592 g/mol. The first-order valence-electron chi connectivity index (χ1n) is 14.4. The lowest BCUT2D eigenvalue weighted by Gasteiger charge is -2.45. The summed E-state index contributed by atoms with van der Waals surface area (Å²) in [6.45, 7) is 13.5. The number of hydrogen-bond donors (Lipinski definition) is 0. The van der Waals surface area contributed by atoms with Crippen LogP contribution in [0.5, 0.6) is 0 Å². The second-order valence-electron chi connectivity index (χ2n) is 9.78. The third-order valence-electron chi connectivity index (χ3n) is 7.39. The van der Waals surface area contributed by atoms with E-state index in [1.54, 1.807) is 0 Å². The number of amides is 1. The van der Waals surface area contributed by atoms with Crippen molar-refractivity contribution in [1.29, 1.82) is 0 Å². The van der Waals surface area contributed by atoms with Gasteiger partial charge in [-0.3, -0.25) is 4.79 Å². The van der Waals surface area contributed by atoms with Crippen molar-refractivity contribution in [2.45, 2.75) is 90.0 Å². The highest BCUT2D eigenvalue weighted by atomic mass is 35.5. The maximum atomic E-state index is 13.6. The number of nitrogens with zero attached hydrogens (tertiary/aromatic N) is 2. The third kappa shape index (κ3) is 9.74. The number of likely N-dealkylation sites (N-methyl/N-ethyl adjacent to an activating group) is 1. The fraction of sp³-hybridized carbons (Fsp3) is 0.531. The van der Waals surface area contributed by atoms with Gasteiger partial charge in [0.1, 0.15) is 0 Å². The van der Waals surface area contributed by atoms with E-state index in [9.17, 15) is 9.00 Å². The Morgan fingerprint density at radius 1 is 1.00 bits per heavy atom. The molecule has 1 aliphatic carbocycles. The van der Waals surface area contributed by atoms with Crippen LogP contribution in [0.25, 0.3) is 0 Å². The van der Waals surface area contributed by atoms with Gasteiger partial charge in [-0.25, -0.2) is 8.51 Å². The molecular weight excluding hydrogens is 547 g/mol. The summed E-state index contributed by atoms with van der Waals surface area (Å²) in [6.07, 6.45) is 8.50. The zero-order valence-electron chi connectivity index (χ0n) is 24.0. The van der Waals surface area contributed by atoms with E-state index >= 15 is 0 Å². The summed E-state index contributed by atoms with van der Waals surface area (Å²) in [5, 5.41) is 1.79. The molecule has 2 aromatic rings. The highest BCUT2D eigenvalue weighted by Crippen LogP contribution is 2.38. The summed E-state index contributed by atoms with van der Waals surface area (Å²) in [7, 11) is -0.963. The van der Waals surface area contributed by atoms with Crippen molar-refractivity contribution >= 4 is 40.1 Å². The first-order chi connectivity index (χ1) is 18.9. The number of benzene rings is 2. The van der Waals surface area contributed by atoms with Crippen molar-refractivity contribution in [2.24, 2.45) is 5.92 Å². The van der Waals surface area contributed by atoms with Gasteiger partial charge in [0.25, 0.3) is 0 Å². The molecule has 0 bridgehead atoms. The van der Waals surface area contributed by atoms with Gasteiger partial charge in [0, 0.05) is 40.3 Å². The van der Waals surface area contributed by atoms with E-state index in [1.165, 1.54) is 6.42 Å². The molecule has 1 saturated carbocycles. The number of carbonyl (C=O) groups excluding carboxylic acids is 1. The van der Waals surface area contributed by atoms with E-state index in [4.69, 9.17) is 23.2 Å². The summed E-state index contributed by atoms with van der Waals surface area (Å²) >= 11 is 11.6. The molecule has 0 radical (unpaired) electrons. The molecule has 0 N–H and O–H groups in total. The van der Waals surface area contributed by atoms with Crippen LogP contribution in [0.2, 0.25) is 10.0 Å². The average Bonchev–Trinajstić information content (AvgIpc) is 2.92. The number of allylic oxidation sites excluding steroid dienone is 1. The molecule has 1 heterocycles. The number of piperidine rings is 1. The summed E-state index contributed by atoms with van der Waals surface area (Å²) < 4.78 is 15.1. The minimum atomic E-state index is -0.963. The molecule has 216 valence electrons. The van der Waals surface area contributed by atoms with Crippen LogP contribution in [0.4, 0.5) is 0 Å². The SMILES string of the molecule is C=CCC1CCC(c2ccc(Cl)cc2)N(C(CC)CN(CC)S(=O)C2CCC2)C1=O.CC.Clc1ccccc1. The predicted molar refractivity (Wildman–Crippen MR) is 168 cm³/mol. The van der Waals surface area contributed by atoms with Crippen LogP contribution in [0.3, 0.4) is 0 Å². The van der Waals surface area contributed by atoms with Crippen LogP contribution < -0.4 is 0 Å². The maximum absolute atomic E-state index is 13.6. The van der Waals surface area contributed by atoms with Crippen LogP contribution in [-0.2, 0) is 15.8 Å². The number of carbonyl (C=O) groups is 1. The summed E-state index contributed by atoms with van der Waals surface area (Å²) in [5.74, 6) is 0.200. The average molecular weight is 594 g/mol. The Morgan fingerprint density at radius 3 is 2.08 bits per heavy atom. The first kappa shape index (κ1) is 33.5. The van der Waals surface area contributed by atoms with Crippen molar-refractivity contribution in [1.82, 2.24) is 9.21 Å². The lowest BCUT2D eigenvalue weighted by molar-refractivity contribution is -0.145. The molecule has 2 fully saturated rings. The van der Waals surface area contributed by atoms with Crippen LogP contribution in [-0.4, -0.2) is 43.7 Å². The van der Waals surface area contributed by atoms with Gasteiger partial charge in [0.2, 0.25) is 5.91 Å². The molecule has 4 unspecified atom stereocenters. The second kappa shape index (κ2) is 17.9. The Balaban J connectivity index is 0.000000507. The Morgan fingerprint density at radius 2 is 1.62 bits per heavy atom. The summed E-state index contributed by atoms with van der Waals surface area (Å²) in [4.78, 5) is 15.7. The third-order valence-corrected chi connectivity index (χ3v) is 9.85. The van der Waals surface area contributed by atoms with Crippen LogP contribution in [0, 0.1) is 5.92 Å². The molecule has 4 rings (SSSR count). The molecule has 1 aliphatic heterocycles. The number of halogens is 2. The fourth-order valence-electron chi connectivity index (χ4n) is 5.03. The summed E-state index contributed by atoms with van der Waals surface area (Å²) in [6, 6.07) is 17.4. The highest BCUT2D eigenvalue weighted by molar-refractivity contribution is 7.83. The van der Waals surface area contributed by atoms with E-state index in [-0.39, 0.29) is 23.9 Å². The largest absolute Gasteiger partial charge is 0.331 e. The van der Waals surface area contributed by atoms with E-state index in [0.717, 1.165) is 49.2 Å². The van der Waals surface area contributed by atoms with Crippen molar-refractivity contribution in [2.75, 3.05) is 13.1 Å². The molecule has 7 heteroatoms. The highest BCUT2D eigenvalue weighted by Gasteiger charge is 2.40. The van der Waals surface area contributed by atoms with Gasteiger partial charge in [-0.2, -0.15) is 0 Å². The van der Waals surface area contributed by atoms with Gasteiger partial charge in [-0.15, -0.1) is 6.58 Å². The normalized spacial score (nSPS) is 20.6. The smallest absolute Gasteiger partial charge is 0.226 e. The Hall–Kier alpha value is -1.66. The fourth-order valence-corrected chi connectivity index (χ4v) is 7.03. The molecule has 4 atom stereocenters. The maximum Gasteiger partial charge on any atom is 0.226 e. The van der Waals surface area contributed by atoms with Gasteiger partial charge in [0.05, 0.1) is 17.0 Å². The van der Waals surface area contributed by atoms with Crippen LogP contribution in [0.15, 0.2) is 67.3 Å². The topological polar surface area (TPSA) is 40.6 Å². The Labute approximate surface area is 249 Å². The van der Waals surface area contributed by atoms with Crippen molar-refractivity contribution in [3.63, 3.8) is 0 Å². The number of likely N-dealkylation sites (tertiary alicyclic amines) is 1. The Kier molecular flexibility index (Phi) is 15.4. The lowest BCUT2D eigenvalue weighted by Crippen LogP contribution is -2.53. The first-order valence-corrected chi connectivity index (χ1v) is 16.4. The zero-order valence-corrected chi connectivity index (χ0v) is 26.4. The van der Waals surface area contributed by atoms with Crippen LogP contribution >= 0.6 is 23.2 Å². The second-order valence-corrected chi connectivity index (χ2v) is 12.4. The van der Waals surface area contributed by atoms with Gasteiger partial charge in [0.15, 0.2) is 0 Å². The van der Waals surface area contributed by atoms with E-state index < -0.39 is 11.0 Å². The van der Waals surface area contributed by atoms with Crippen molar-refractivity contribution in [3.8, 4) is 0 Å². The van der Waals surface area contributed by atoms with Crippen molar-refractivity contribution < 1.29 is 9.00 Å². The van der Waals surface area contributed by atoms with Gasteiger partial charge >= 0.3 is 0 Å². The summed E-state index contributed by atoms with van der Waals surface area (Å²) in [5.41, 5.74) is 1.13. The molecule has 0 spiro atoms. The number of rotatable bonds is 10. The molecule has 2 aromatic carbocycles.